The zero-order valence-electron chi connectivity index (χ0n) is 24.6. The number of carbonyl (C=O) groups is 1. The van der Waals surface area contributed by atoms with Crippen molar-refractivity contribution in [3.63, 3.8) is 0 Å². The van der Waals surface area contributed by atoms with Gasteiger partial charge in [0.05, 0.1) is 24.1 Å². The molecule has 1 aromatic carbocycles. The molecule has 2 saturated heterocycles. The molecule has 44 heavy (non-hydrogen) atoms. The SMILES string of the molecule is C=CC(=O)N1CCN(c2nc(OC[C@@H]3C[C@@H](F)CN3C)nc3c(F)c(-c4cncc5c4CCCC5)c(F)cc23)C[C@@H]1CC#N. The van der Waals surface area contributed by atoms with Crippen LogP contribution in [0.2, 0.25) is 0 Å². The highest BCUT2D eigenvalue weighted by atomic mass is 19.1. The number of benzene rings is 1. The standard InChI is InChI=1S/C32H34F3N7O2/c1-3-27(43)42-11-10-41(17-21(42)8-9-36)31-24-13-26(34)28(25-15-37-14-19-6-4-5-7-23(19)25)29(35)30(24)38-32(39-31)44-18-22-12-20(33)16-40(22)2/h3,13-15,20-22H,1,4-8,10-12,16-18H2,2H3/t20-,21+,22+/m1/s1. The second-order valence-electron chi connectivity index (χ2n) is 11.7. The first-order chi connectivity index (χ1) is 21.3. The predicted octanol–water partition coefficient (Wildman–Crippen LogP) is 4.39. The van der Waals surface area contributed by atoms with Crippen molar-refractivity contribution in [2.45, 2.75) is 56.8 Å². The highest BCUT2D eigenvalue weighted by molar-refractivity contribution is 5.94. The van der Waals surface area contributed by atoms with Crippen LogP contribution in [-0.2, 0) is 17.6 Å². The molecule has 2 aromatic heterocycles. The lowest BCUT2D eigenvalue weighted by Crippen LogP contribution is -2.55. The van der Waals surface area contributed by atoms with Crippen LogP contribution in [0, 0.1) is 23.0 Å². The first-order valence-corrected chi connectivity index (χ1v) is 15.0. The van der Waals surface area contributed by atoms with Crippen molar-refractivity contribution in [2.24, 2.45) is 0 Å². The van der Waals surface area contributed by atoms with Crippen molar-refractivity contribution >= 4 is 22.6 Å². The second kappa shape index (κ2) is 12.4. The Balaban J connectivity index is 1.45. The van der Waals surface area contributed by atoms with Gasteiger partial charge < -0.3 is 14.5 Å². The Morgan fingerprint density at radius 2 is 2.00 bits per heavy atom. The van der Waals surface area contributed by atoms with E-state index in [1.165, 1.54) is 18.3 Å². The van der Waals surface area contributed by atoms with E-state index >= 15 is 8.78 Å². The summed E-state index contributed by atoms with van der Waals surface area (Å²) in [5, 5.41) is 9.61. The number of carbonyl (C=O) groups excluding carboxylic acids is 1. The number of likely N-dealkylation sites (N-methyl/N-ethyl adjacent to an activating group) is 1. The van der Waals surface area contributed by atoms with E-state index in [0.29, 0.717) is 31.5 Å². The van der Waals surface area contributed by atoms with Crippen LogP contribution >= 0.6 is 0 Å². The van der Waals surface area contributed by atoms with E-state index in [1.54, 1.807) is 16.0 Å². The largest absolute Gasteiger partial charge is 0.462 e. The fraction of sp³-hybridized carbons (Fsp3) is 0.469. The lowest BCUT2D eigenvalue weighted by atomic mass is 9.87. The van der Waals surface area contributed by atoms with Gasteiger partial charge in [-0.1, -0.05) is 6.58 Å². The van der Waals surface area contributed by atoms with E-state index in [1.807, 2.05) is 11.9 Å². The number of fused-ring (bicyclic) bond motifs is 2. The molecule has 6 rings (SSSR count). The van der Waals surface area contributed by atoms with Crippen molar-refractivity contribution < 1.29 is 22.7 Å². The Hall–Kier alpha value is -4.24. The average Bonchev–Trinajstić information content (AvgIpc) is 3.36. The highest BCUT2D eigenvalue weighted by Crippen LogP contribution is 2.39. The third kappa shape index (κ3) is 5.56. The summed E-state index contributed by atoms with van der Waals surface area (Å²) in [5.74, 6) is -1.66. The zero-order chi connectivity index (χ0) is 31.0. The molecule has 3 aliphatic rings. The molecular formula is C32H34F3N7O2. The van der Waals surface area contributed by atoms with Crippen LogP contribution < -0.4 is 9.64 Å². The van der Waals surface area contributed by atoms with Gasteiger partial charge in [-0.2, -0.15) is 15.2 Å². The summed E-state index contributed by atoms with van der Waals surface area (Å²) < 4.78 is 52.6. The van der Waals surface area contributed by atoms with Crippen molar-refractivity contribution in [1.29, 1.82) is 5.26 Å². The van der Waals surface area contributed by atoms with Crippen LogP contribution in [0.4, 0.5) is 19.0 Å². The molecule has 0 saturated carbocycles. The predicted molar refractivity (Wildman–Crippen MR) is 159 cm³/mol. The maximum absolute atomic E-state index is 16.6. The van der Waals surface area contributed by atoms with E-state index in [4.69, 9.17) is 4.74 Å². The monoisotopic (exact) mass is 605 g/mol. The molecule has 230 valence electrons. The van der Waals surface area contributed by atoms with Gasteiger partial charge in [0.15, 0.2) is 5.82 Å². The van der Waals surface area contributed by atoms with Crippen molar-refractivity contribution in [1.82, 2.24) is 24.8 Å². The van der Waals surface area contributed by atoms with E-state index in [-0.39, 0.29) is 66.4 Å². The van der Waals surface area contributed by atoms with Crippen LogP contribution in [0.25, 0.3) is 22.0 Å². The molecule has 0 radical (unpaired) electrons. The number of anilines is 1. The number of amides is 1. The molecule has 12 heteroatoms. The van der Waals surface area contributed by atoms with Crippen LogP contribution in [0.5, 0.6) is 6.01 Å². The van der Waals surface area contributed by atoms with Crippen molar-refractivity contribution in [3.8, 4) is 23.2 Å². The summed E-state index contributed by atoms with van der Waals surface area (Å²) >= 11 is 0. The van der Waals surface area contributed by atoms with Gasteiger partial charge in [-0.15, -0.1) is 0 Å². The number of halogens is 3. The first-order valence-electron chi connectivity index (χ1n) is 15.0. The highest BCUT2D eigenvalue weighted by Gasteiger charge is 2.33. The van der Waals surface area contributed by atoms with Crippen LogP contribution in [0.15, 0.2) is 31.1 Å². The minimum Gasteiger partial charge on any atom is -0.462 e. The summed E-state index contributed by atoms with van der Waals surface area (Å²) in [7, 11) is 1.81. The van der Waals surface area contributed by atoms with Gasteiger partial charge in [0.2, 0.25) is 5.91 Å². The molecule has 2 aliphatic heterocycles. The third-order valence-corrected chi connectivity index (χ3v) is 8.99. The summed E-state index contributed by atoms with van der Waals surface area (Å²) in [5.41, 5.74) is 1.98. The molecule has 0 unspecified atom stereocenters. The van der Waals surface area contributed by atoms with Gasteiger partial charge >= 0.3 is 6.01 Å². The number of piperazine rings is 1. The number of aromatic nitrogens is 3. The van der Waals surface area contributed by atoms with Crippen molar-refractivity contribution in [2.75, 3.05) is 44.7 Å². The van der Waals surface area contributed by atoms with Crippen LogP contribution in [0.1, 0.15) is 36.8 Å². The molecule has 1 aliphatic carbocycles. The number of likely N-dealkylation sites (tertiary alicyclic amines) is 1. The number of nitriles is 1. The molecule has 0 N–H and O–H groups in total. The normalized spacial score (nSPS) is 22.1. The topological polar surface area (TPSA) is 98.5 Å². The van der Waals surface area contributed by atoms with Gasteiger partial charge in [-0.05, 0) is 62.4 Å². The van der Waals surface area contributed by atoms with Gasteiger partial charge in [0.1, 0.15) is 29.9 Å². The van der Waals surface area contributed by atoms with E-state index in [9.17, 15) is 14.4 Å². The zero-order valence-corrected chi connectivity index (χ0v) is 24.6. The average molecular weight is 606 g/mol. The first kappa shape index (κ1) is 29.8. The molecular weight excluding hydrogens is 571 g/mol. The summed E-state index contributed by atoms with van der Waals surface area (Å²) in [6.45, 7) is 4.70. The molecule has 1 amide bonds. The minimum atomic E-state index is -0.971. The maximum atomic E-state index is 16.6. The van der Waals surface area contributed by atoms with Crippen LogP contribution in [-0.4, -0.2) is 88.7 Å². The lowest BCUT2D eigenvalue weighted by Gasteiger charge is -2.41. The number of ether oxygens (including phenoxy) is 1. The maximum Gasteiger partial charge on any atom is 0.319 e. The van der Waals surface area contributed by atoms with E-state index < -0.39 is 23.8 Å². The Labute approximate surface area is 253 Å². The fourth-order valence-corrected chi connectivity index (χ4v) is 6.70. The van der Waals surface area contributed by atoms with E-state index in [2.05, 4.69) is 27.6 Å². The number of hydrogen-bond acceptors (Lipinski definition) is 8. The molecule has 3 atom stereocenters. The van der Waals surface area contributed by atoms with E-state index in [0.717, 1.165) is 30.4 Å². The smallest absolute Gasteiger partial charge is 0.319 e. The Bertz CT molecular complexity index is 1640. The lowest BCUT2D eigenvalue weighted by molar-refractivity contribution is -0.128. The van der Waals surface area contributed by atoms with Crippen LogP contribution in [0.3, 0.4) is 0 Å². The molecule has 9 nitrogen and oxygen atoms in total. The molecule has 0 bridgehead atoms. The van der Waals surface area contributed by atoms with Gasteiger partial charge in [0, 0.05) is 55.6 Å². The number of pyridine rings is 1. The van der Waals surface area contributed by atoms with Gasteiger partial charge in [-0.3, -0.25) is 14.7 Å². The Kier molecular flexibility index (Phi) is 8.40. The Morgan fingerprint density at radius 1 is 1.18 bits per heavy atom. The summed E-state index contributed by atoms with van der Waals surface area (Å²) in [6.07, 6.45) is 7.27. The van der Waals surface area contributed by atoms with Gasteiger partial charge in [0.25, 0.3) is 0 Å². The Morgan fingerprint density at radius 3 is 2.75 bits per heavy atom. The number of rotatable bonds is 7. The summed E-state index contributed by atoms with van der Waals surface area (Å²) in [6, 6.07) is 2.55. The second-order valence-corrected chi connectivity index (χ2v) is 11.7. The molecule has 0 spiro atoms. The number of nitrogens with zero attached hydrogens (tertiary/aromatic N) is 7. The third-order valence-electron chi connectivity index (χ3n) is 8.99. The van der Waals surface area contributed by atoms with Gasteiger partial charge in [-0.25, -0.2) is 13.2 Å². The number of aryl methyl sites for hydroxylation is 1. The quantitative estimate of drug-likeness (QED) is 0.366. The molecule has 3 aromatic rings. The van der Waals surface area contributed by atoms with Crippen molar-refractivity contribution in [3.05, 3.63) is 53.9 Å². The molecule has 4 heterocycles. The minimum absolute atomic E-state index is 0.0554. The molecule has 2 fully saturated rings. The summed E-state index contributed by atoms with van der Waals surface area (Å²) in [4.78, 5) is 31.0. The number of alkyl halides is 1. The number of hydrogen-bond donors (Lipinski definition) is 0. The fourth-order valence-electron chi connectivity index (χ4n) is 6.70.